The lowest BCUT2D eigenvalue weighted by atomic mass is 9.99. The summed E-state index contributed by atoms with van der Waals surface area (Å²) in [5.41, 5.74) is 3.38. The molecular formula is C22H18O2S2. The van der Waals surface area contributed by atoms with Crippen LogP contribution in [-0.4, -0.2) is 14.2 Å². The standard InChI is InChI=1S/C22H18O2S2/c1-2-26(23,24)18-14-12-16(13-15-18)21-19-10-6-7-11-20(19)25-22(21)17-8-4-3-5-9-17/h3-15H,2H2,1H3. The van der Waals surface area contributed by atoms with E-state index in [1.54, 1.807) is 30.4 Å². The van der Waals surface area contributed by atoms with Gasteiger partial charge in [0.2, 0.25) is 0 Å². The van der Waals surface area contributed by atoms with Crippen LogP contribution in [0.1, 0.15) is 6.92 Å². The van der Waals surface area contributed by atoms with Crippen molar-refractivity contribution in [2.75, 3.05) is 5.75 Å². The molecule has 4 rings (SSSR count). The topological polar surface area (TPSA) is 34.1 Å². The highest BCUT2D eigenvalue weighted by Crippen LogP contribution is 2.44. The number of thiophene rings is 1. The van der Waals surface area contributed by atoms with Gasteiger partial charge in [-0.2, -0.15) is 0 Å². The predicted molar refractivity (Wildman–Crippen MR) is 110 cm³/mol. The largest absolute Gasteiger partial charge is 0.224 e. The fraction of sp³-hybridized carbons (Fsp3) is 0.0909. The fourth-order valence-electron chi connectivity index (χ4n) is 3.12. The highest BCUT2D eigenvalue weighted by atomic mass is 32.2. The summed E-state index contributed by atoms with van der Waals surface area (Å²) >= 11 is 1.77. The summed E-state index contributed by atoms with van der Waals surface area (Å²) in [6.07, 6.45) is 0. The van der Waals surface area contributed by atoms with Gasteiger partial charge in [0, 0.05) is 20.5 Å². The molecule has 0 saturated heterocycles. The molecule has 26 heavy (non-hydrogen) atoms. The van der Waals surface area contributed by atoms with Gasteiger partial charge in [-0.25, -0.2) is 8.42 Å². The Morgan fingerprint density at radius 3 is 2.12 bits per heavy atom. The number of fused-ring (bicyclic) bond motifs is 1. The van der Waals surface area contributed by atoms with Crippen LogP contribution in [0.25, 0.3) is 31.7 Å². The first-order chi connectivity index (χ1) is 12.6. The summed E-state index contributed by atoms with van der Waals surface area (Å²) in [4.78, 5) is 1.59. The first-order valence-electron chi connectivity index (χ1n) is 8.50. The second-order valence-electron chi connectivity index (χ2n) is 6.10. The zero-order valence-electron chi connectivity index (χ0n) is 14.3. The normalized spacial score (nSPS) is 11.7. The van der Waals surface area contributed by atoms with Crippen LogP contribution in [0.4, 0.5) is 0 Å². The summed E-state index contributed by atoms with van der Waals surface area (Å²) in [5, 5.41) is 1.20. The van der Waals surface area contributed by atoms with Crippen LogP contribution in [0, 0.1) is 0 Å². The lowest BCUT2D eigenvalue weighted by Crippen LogP contribution is -2.03. The molecule has 0 spiro atoms. The summed E-state index contributed by atoms with van der Waals surface area (Å²) in [6.45, 7) is 1.67. The summed E-state index contributed by atoms with van der Waals surface area (Å²) in [5.74, 6) is 0.114. The van der Waals surface area contributed by atoms with Gasteiger partial charge >= 0.3 is 0 Å². The first-order valence-corrected chi connectivity index (χ1v) is 11.0. The molecule has 4 heteroatoms. The van der Waals surface area contributed by atoms with Crippen molar-refractivity contribution in [1.29, 1.82) is 0 Å². The van der Waals surface area contributed by atoms with Crippen LogP contribution in [0.5, 0.6) is 0 Å². The summed E-state index contributed by atoms with van der Waals surface area (Å²) < 4.78 is 25.4. The third-order valence-corrected chi connectivity index (χ3v) is 7.48. The minimum atomic E-state index is -3.19. The number of benzene rings is 3. The molecule has 4 aromatic rings. The zero-order valence-corrected chi connectivity index (χ0v) is 16.0. The average molecular weight is 379 g/mol. The first kappa shape index (κ1) is 17.0. The second-order valence-corrected chi connectivity index (χ2v) is 9.43. The second kappa shape index (κ2) is 6.71. The lowest BCUT2D eigenvalue weighted by molar-refractivity contribution is 0.597. The van der Waals surface area contributed by atoms with Crippen molar-refractivity contribution in [3.63, 3.8) is 0 Å². The van der Waals surface area contributed by atoms with Gasteiger partial charge in [0.1, 0.15) is 0 Å². The highest BCUT2D eigenvalue weighted by Gasteiger charge is 2.17. The van der Waals surface area contributed by atoms with E-state index >= 15 is 0 Å². The molecule has 0 atom stereocenters. The molecule has 0 unspecified atom stereocenters. The monoisotopic (exact) mass is 378 g/mol. The van der Waals surface area contributed by atoms with E-state index in [2.05, 4.69) is 24.3 Å². The number of rotatable bonds is 4. The SMILES string of the molecule is CCS(=O)(=O)c1ccc(-c2c(-c3ccccc3)sc3ccccc23)cc1. The minimum Gasteiger partial charge on any atom is -0.224 e. The van der Waals surface area contributed by atoms with Gasteiger partial charge in [0.05, 0.1) is 10.6 Å². The molecule has 1 aromatic heterocycles. The van der Waals surface area contributed by atoms with E-state index in [1.165, 1.54) is 20.5 Å². The van der Waals surface area contributed by atoms with Crippen molar-refractivity contribution in [1.82, 2.24) is 0 Å². The molecule has 130 valence electrons. The summed E-state index contributed by atoms with van der Waals surface area (Å²) in [6, 6.07) is 26.0. The van der Waals surface area contributed by atoms with Gasteiger partial charge in [-0.1, -0.05) is 67.6 Å². The van der Waals surface area contributed by atoms with Gasteiger partial charge in [0.25, 0.3) is 0 Å². The Morgan fingerprint density at radius 1 is 0.769 bits per heavy atom. The Labute approximate surface area is 157 Å². The zero-order chi connectivity index (χ0) is 18.1. The maximum absolute atomic E-state index is 12.1. The smallest absolute Gasteiger partial charge is 0.178 e. The quantitative estimate of drug-likeness (QED) is 0.434. The average Bonchev–Trinajstić information content (AvgIpc) is 3.08. The van der Waals surface area contributed by atoms with Crippen molar-refractivity contribution in [3.8, 4) is 21.6 Å². The Bertz CT molecular complexity index is 1160. The molecule has 0 bridgehead atoms. The Kier molecular flexibility index (Phi) is 4.39. The Hall–Kier alpha value is -2.43. The Morgan fingerprint density at radius 2 is 1.42 bits per heavy atom. The maximum Gasteiger partial charge on any atom is 0.178 e. The van der Waals surface area contributed by atoms with Gasteiger partial charge in [-0.05, 0) is 29.3 Å². The number of hydrogen-bond acceptors (Lipinski definition) is 3. The van der Waals surface area contributed by atoms with E-state index in [0.29, 0.717) is 4.90 Å². The van der Waals surface area contributed by atoms with Gasteiger partial charge in [-0.15, -0.1) is 11.3 Å². The van der Waals surface area contributed by atoms with Gasteiger partial charge in [-0.3, -0.25) is 0 Å². The van der Waals surface area contributed by atoms with Gasteiger partial charge < -0.3 is 0 Å². The number of sulfone groups is 1. The lowest BCUT2D eigenvalue weighted by Gasteiger charge is -2.07. The van der Waals surface area contributed by atoms with Gasteiger partial charge in [0.15, 0.2) is 9.84 Å². The van der Waals surface area contributed by atoms with Crippen molar-refractivity contribution in [2.45, 2.75) is 11.8 Å². The molecule has 3 aromatic carbocycles. The van der Waals surface area contributed by atoms with Crippen molar-refractivity contribution in [2.24, 2.45) is 0 Å². The van der Waals surface area contributed by atoms with E-state index in [0.717, 1.165) is 11.1 Å². The fourth-order valence-corrected chi connectivity index (χ4v) is 5.23. The summed E-state index contributed by atoms with van der Waals surface area (Å²) in [7, 11) is -3.19. The van der Waals surface area contributed by atoms with E-state index in [-0.39, 0.29) is 5.75 Å². The number of hydrogen-bond donors (Lipinski definition) is 0. The van der Waals surface area contributed by atoms with Crippen molar-refractivity contribution in [3.05, 3.63) is 78.9 Å². The van der Waals surface area contributed by atoms with Crippen LogP contribution in [0.3, 0.4) is 0 Å². The van der Waals surface area contributed by atoms with E-state index in [4.69, 9.17) is 0 Å². The van der Waals surface area contributed by atoms with Crippen LogP contribution < -0.4 is 0 Å². The van der Waals surface area contributed by atoms with Crippen LogP contribution in [0.2, 0.25) is 0 Å². The molecule has 0 amide bonds. The van der Waals surface area contributed by atoms with E-state index in [9.17, 15) is 8.42 Å². The van der Waals surface area contributed by atoms with E-state index < -0.39 is 9.84 Å². The molecule has 2 nitrogen and oxygen atoms in total. The van der Waals surface area contributed by atoms with Crippen molar-refractivity contribution < 1.29 is 8.42 Å². The van der Waals surface area contributed by atoms with E-state index in [1.807, 2.05) is 42.5 Å². The van der Waals surface area contributed by atoms with Crippen LogP contribution >= 0.6 is 11.3 Å². The molecule has 0 radical (unpaired) electrons. The highest BCUT2D eigenvalue weighted by molar-refractivity contribution is 7.91. The molecule has 0 aliphatic carbocycles. The maximum atomic E-state index is 12.1. The molecule has 0 aliphatic rings. The Balaban J connectivity index is 1.93. The molecule has 0 aliphatic heterocycles. The third kappa shape index (κ3) is 2.96. The van der Waals surface area contributed by atoms with Crippen molar-refractivity contribution >= 4 is 31.3 Å². The molecular weight excluding hydrogens is 360 g/mol. The van der Waals surface area contributed by atoms with Crippen LogP contribution in [0.15, 0.2) is 83.8 Å². The third-order valence-electron chi connectivity index (χ3n) is 4.51. The molecule has 0 N–H and O–H groups in total. The predicted octanol–water partition coefficient (Wildman–Crippen LogP) is 6.03. The van der Waals surface area contributed by atoms with Crippen LogP contribution in [-0.2, 0) is 9.84 Å². The molecule has 1 heterocycles. The minimum absolute atomic E-state index is 0.114. The molecule has 0 fully saturated rings. The molecule has 0 saturated carbocycles.